The molecule has 2 aromatic heterocycles. The average Bonchev–Trinajstić information content (AvgIpc) is 3.43. The number of benzene rings is 1. The summed E-state index contributed by atoms with van der Waals surface area (Å²) in [6.07, 6.45) is -1.10. The lowest BCUT2D eigenvalue weighted by molar-refractivity contribution is -0.202. The summed E-state index contributed by atoms with van der Waals surface area (Å²) in [7, 11) is 0. The molecule has 0 aliphatic carbocycles. The van der Waals surface area contributed by atoms with Gasteiger partial charge in [0.05, 0.1) is 6.42 Å². The minimum absolute atomic E-state index is 0.0841. The molecule has 2 aliphatic rings. The minimum atomic E-state index is -5.29. The zero-order valence-electron chi connectivity index (χ0n) is 23.5. The molecular weight excluding hydrogens is 567 g/mol. The number of carbonyl (C=O) groups excluding carboxylic acids is 3. The van der Waals surface area contributed by atoms with Crippen LogP contribution in [0.1, 0.15) is 65.4 Å². The first-order chi connectivity index (χ1) is 20.6. The van der Waals surface area contributed by atoms with E-state index >= 15 is 0 Å². The Morgan fingerprint density at radius 1 is 1.02 bits per heavy atom. The second-order valence-electron chi connectivity index (χ2n) is 11.1. The third kappa shape index (κ3) is 7.76. The fraction of sp³-hybridized carbons (Fsp3) is 0.467. The van der Waals surface area contributed by atoms with Gasteiger partial charge in [0.25, 0.3) is 5.91 Å². The zero-order valence-corrected chi connectivity index (χ0v) is 23.5. The van der Waals surface area contributed by atoms with Crippen LogP contribution in [-0.4, -0.2) is 63.7 Å². The Morgan fingerprint density at radius 3 is 2.53 bits per heavy atom. The lowest BCUT2D eigenvalue weighted by Gasteiger charge is -2.40. The third-order valence-electron chi connectivity index (χ3n) is 7.91. The first-order valence-corrected chi connectivity index (χ1v) is 14.3. The maximum atomic E-state index is 12.9. The predicted octanol–water partition coefficient (Wildman–Crippen LogP) is 4.49. The van der Waals surface area contributed by atoms with Crippen molar-refractivity contribution in [2.45, 2.75) is 64.0 Å². The summed E-state index contributed by atoms with van der Waals surface area (Å²) in [5.74, 6) is -2.42. The molecule has 0 bridgehead atoms. The molecule has 10 nitrogen and oxygen atoms in total. The number of likely N-dealkylation sites (tertiary alicyclic amines) is 1. The number of hydrogen-bond acceptors (Lipinski definition) is 9. The summed E-state index contributed by atoms with van der Waals surface area (Å²) in [5.41, 5.74) is 1.74. The van der Waals surface area contributed by atoms with Crippen LogP contribution in [0.3, 0.4) is 0 Å². The van der Waals surface area contributed by atoms with E-state index in [1.54, 1.807) is 35.2 Å². The monoisotopic (exact) mass is 599 g/mol. The van der Waals surface area contributed by atoms with E-state index in [4.69, 9.17) is 9.51 Å². The lowest BCUT2D eigenvalue weighted by Crippen LogP contribution is -2.45. The van der Waals surface area contributed by atoms with E-state index in [9.17, 15) is 27.6 Å². The fourth-order valence-electron chi connectivity index (χ4n) is 5.59. The normalized spacial score (nSPS) is 16.2. The molecule has 2 aliphatic heterocycles. The number of piperidine rings is 1. The maximum Gasteiger partial charge on any atom is 0.491 e. The van der Waals surface area contributed by atoms with Gasteiger partial charge < -0.3 is 19.5 Å². The van der Waals surface area contributed by atoms with Gasteiger partial charge in [0.15, 0.2) is 5.82 Å². The molecule has 1 aromatic carbocycles. The molecular formula is C30H32F3N5O5. The van der Waals surface area contributed by atoms with Crippen molar-refractivity contribution in [3.05, 3.63) is 71.0 Å². The minimum Gasteiger partial charge on any atom is -0.386 e. The first kappa shape index (κ1) is 30.2. The third-order valence-corrected chi connectivity index (χ3v) is 7.91. The van der Waals surface area contributed by atoms with E-state index in [0.717, 1.165) is 37.3 Å². The maximum absolute atomic E-state index is 12.9. The molecule has 3 aromatic rings. The van der Waals surface area contributed by atoms with Gasteiger partial charge >= 0.3 is 18.1 Å². The highest BCUT2D eigenvalue weighted by Gasteiger charge is 2.45. The van der Waals surface area contributed by atoms with Crippen LogP contribution in [0.5, 0.6) is 0 Å². The first-order valence-electron chi connectivity index (χ1n) is 14.3. The highest BCUT2D eigenvalue weighted by molar-refractivity contribution is 5.94. The fourth-order valence-corrected chi connectivity index (χ4v) is 5.59. The Kier molecular flexibility index (Phi) is 9.07. The van der Waals surface area contributed by atoms with Gasteiger partial charge in [-0.1, -0.05) is 29.4 Å². The highest BCUT2D eigenvalue weighted by Crippen LogP contribution is 2.39. The van der Waals surface area contributed by atoms with Crippen molar-refractivity contribution < 1.29 is 36.8 Å². The summed E-state index contributed by atoms with van der Waals surface area (Å²) < 4.78 is 47.7. The molecule has 0 atom stereocenters. The molecule has 4 heterocycles. The van der Waals surface area contributed by atoms with Crippen LogP contribution < -0.4 is 5.32 Å². The summed E-state index contributed by atoms with van der Waals surface area (Å²) in [6.45, 7) is 1.41. The number of amides is 1. The van der Waals surface area contributed by atoms with Crippen molar-refractivity contribution in [1.82, 2.24) is 20.0 Å². The Balaban J connectivity index is 1.22. The number of anilines is 1. The van der Waals surface area contributed by atoms with Gasteiger partial charge in [0, 0.05) is 43.7 Å². The molecule has 13 heteroatoms. The van der Waals surface area contributed by atoms with E-state index in [2.05, 4.69) is 26.3 Å². The number of rotatable bonds is 9. The van der Waals surface area contributed by atoms with Crippen molar-refractivity contribution in [2.75, 3.05) is 25.0 Å². The Bertz CT molecular complexity index is 1450. The Labute approximate surface area is 246 Å². The molecule has 1 saturated heterocycles. The molecule has 1 fully saturated rings. The number of halogens is 3. The van der Waals surface area contributed by atoms with E-state index in [1.165, 1.54) is 5.56 Å². The van der Waals surface area contributed by atoms with Gasteiger partial charge in [-0.15, -0.1) is 0 Å². The standard InChI is InChI=1S/C30H32F3N5O5/c31-30(32,33)28(41)42-25(39)19-29(13-16-38(17-14-29)27(40)21-6-2-1-3-7-21)18-24-36-23(37-43-24)10-4-9-22-12-11-20-8-5-15-34-26(20)35-22/h1-3,6-7,11-12H,4-5,8-10,13-19H2,(H,34,35). The molecule has 228 valence electrons. The topological polar surface area (TPSA) is 128 Å². The molecule has 1 N–H and O–H groups in total. The van der Waals surface area contributed by atoms with Crippen molar-refractivity contribution in [3.8, 4) is 0 Å². The van der Waals surface area contributed by atoms with Gasteiger partial charge in [-0.2, -0.15) is 18.2 Å². The largest absolute Gasteiger partial charge is 0.491 e. The SMILES string of the molecule is O=C(CC1(Cc2nc(CCCc3ccc4c(n3)NCCC4)no2)CCN(C(=O)c2ccccc2)CC1)OC(=O)C(F)(F)F. The molecule has 1 amide bonds. The number of fused-ring (bicyclic) bond motifs is 1. The number of pyridine rings is 1. The lowest BCUT2D eigenvalue weighted by atomic mass is 9.73. The van der Waals surface area contributed by atoms with E-state index in [0.29, 0.717) is 24.2 Å². The predicted molar refractivity (Wildman–Crippen MR) is 147 cm³/mol. The number of esters is 2. The summed E-state index contributed by atoms with van der Waals surface area (Å²) in [6, 6.07) is 12.8. The Morgan fingerprint density at radius 2 is 1.79 bits per heavy atom. The van der Waals surface area contributed by atoms with Crippen LogP contribution in [0.4, 0.5) is 19.0 Å². The number of aryl methyl sites for hydroxylation is 3. The van der Waals surface area contributed by atoms with Crippen LogP contribution in [0.15, 0.2) is 47.0 Å². The second kappa shape index (κ2) is 12.9. The van der Waals surface area contributed by atoms with Gasteiger partial charge in [-0.05, 0) is 67.7 Å². The summed E-state index contributed by atoms with van der Waals surface area (Å²) >= 11 is 0. The van der Waals surface area contributed by atoms with Gasteiger partial charge in [0.2, 0.25) is 5.89 Å². The van der Waals surface area contributed by atoms with Gasteiger partial charge in [-0.25, -0.2) is 9.78 Å². The quantitative estimate of drug-likeness (QED) is 0.280. The van der Waals surface area contributed by atoms with Crippen molar-refractivity contribution in [3.63, 3.8) is 0 Å². The number of carbonyl (C=O) groups is 3. The van der Waals surface area contributed by atoms with Gasteiger partial charge in [0.1, 0.15) is 5.82 Å². The highest BCUT2D eigenvalue weighted by atomic mass is 19.4. The number of nitrogens with zero attached hydrogens (tertiary/aromatic N) is 4. The van der Waals surface area contributed by atoms with E-state index in [1.807, 2.05) is 6.07 Å². The smallest absolute Gasteiger partial charge is 0.386 e. The molecule has 0 saturated carbocycles. The van der Waals surface area contributed by atoms with Crippen LogP contribution >= 0.6 is 0 Å². The van der Waals surface area contributed by atoms with Crippen molar-refractivity contribution in [1.29, 1.82) is 0 Å². The number of alkyl halides is 3. The molecule has 0 unspecified atom stereocenters. The summed E-state index contributed by atoms with van der Waals surface area (Å²) in [4.78, 5) is 47.5. The molecule has 5 rings (SSSR count). The molecule has 43 heavy (non-hydrogen) atoms. The van der Waals surface area contributed by atoms with E-state index < -0.39 is 30.0 Å². The number of aromatic nitrogens is 3. The number of ether oxygens (including phenoxy) is 1. The van der Waals surface area contributed by atoms with Crippen LogP contribution in [-0.2, 0) is 40.0 Å². The zero-order chi connectivity index (χ0) is 30.5. The molecule has 0 radical (unpaired) electrons. The second-order valence-corrected chi connectivity index (χ2v) is 11.1. The average molecular weight is 600 g/mol. The van der Waals surface area contributed by atoms with Crippen LogP contribution in [0.2, 0.25) is 0 Å². The van der Waals surface area contributed by atoms with E-state index in [-0.39, 0.29) is 44.1 Å². The number of hydrogen-bond donors (Lipinski definition) is 1. The molecule has 0 spiro atoms. The van der Waals surface area contributed by atoms with Gasteiger partial charge in [-0.3, -0.25) is 9.59 Å². The van der Waals surface area contributed by atoms with Crippen molar-refractivity contribution in [2.24, 2.45) is 5.41 Å². The summed E-state index contributed by atoms with van der Waals surface area (Å²) in [5, 5.41) is 7.38. The Hall–Kier alpha value is -4.29. The van der Waals surface area contributed by atoms with Crippen molar-refractivity contribution >= 4 is 23.7 Å². The number of nitrogens with one attached hydrogen (secondary N) is 1. The van der Waals surface area contributed by atoms with Crippen LogP contribution in [0, 0.1) is 5.41 Å². The van der Waals surface area contributed by atoms with Crippen LogP contribution in [0.25, 0.3) is 0 Å².